The van der Waals surface area contributed by atoms with E-state index in [1.165, 1.54) is 79.4 Å². The van der Waals surface area contributed by atoms with Gasteiger partial charge in [-0.2, -0.15) is 0 Å². The summed E-state index contributed by atoms with van der Waals surface area (Å²) in [6.07, 6.45) is 11.6. The average Bonchev–Trinajstić information content (AvgIpc) is 3.54. The van der Waals surface area contributed by atoms with Crippen LogP contribution in [0.5, 0.6) is 0 Å². The van der Waals surface area contributed by atoms with Crippen molar-refractivity contribution >= 4 is 11.0 Å². The Balaban J connectivity index is 1.53. The lowest BCUT2D eigenvalue weighted by molar-refractivity contribution is 0.313. The van der Waals surface area contributed by atoms with Gasteiger partial charge in [0, 0.05) is 12.5 Å². The van der Waals surface area contributed by atoms with E-state index in [-0.39, 0.29) is 5.41 Å². The molecular formula is C25H34N2. The molecular weight excluding hydrogens is 328 g/mol. The highest BCUT2D eigenvalue weighted by molar-refractivity contribution is 5.77. The number of rotatable bonds is 7. The third kappa shape index (κ3) is 2.70. The highest BCUT2D eigenvalue weighted by Gasteiger charge is 2.63. The molecule has 144 valence electrons. The Morgan fingerprint density at radius 1 is 1.26 bits per heavy atom. The Kier molecular flexibility index (Phi) is 3.87. The number of benzene rings is 1. The topological polar surface area (TPSA) is 17.8 Å². The first kappa shape index (κ1) is 17.5. The minimum absolute atomic E-state index is 0.263. The highest BCUT2D eigenvalue weighted by atomic mass is 15.1. The smallest absolute Gasteiger partial charge is 0.114 e. The maximum absolute atomic E-state index is 5.11. The normalized spacial score (nSPS) is 23.6. The zero-order chi connectivity index (χ0) is 18.8. The Hall–Kier alpha value is -1.57. The van der Waals surface area contributed by atoms with Gasteiger partial charge in [0.2, 0.25) is 0 Å². The SMILES string of the molecule is C=C(Cc1nc2ccc(C(C)(CC)CC)cc2n1C1CCC1)C1CC12CC2. The first-order valence-corrected chi connectivity index (χ1v) is 11.2. The lowest BCUT2D eigenvalue weighted by atomic mass is 9.78. The number of imidazole rings is 1. The van der Waals surface area contributed by atoms with Gasteiger partial charge in [-0.1, -0.05) is 39.0 Å². The Labute approximate surface area is 164 Å². The van der Waals surface area contributed by atoms with Crippen molar-refractivity contribution in [2.24, 2.45) is 11.3 Å². The van der Waals surface area contributed by atoms with E-state index in [9.17, 15) is 0 Å². The molecule has 1 aromatic carbocycles. The highest BCUT2D eigenvalue weighted by Crippen LogP contribution is 2.72. The summed E-state index contributed by atoms with van der Waals surface area (Å²) in [5, 5.41) is 0. The van der Waals surface area contributed by atoms with Gasteiger partial charge in [0.15, 0.2) is 0 Å². The summed E-state index contributed by atoms with van der Waals surface area (Å²) in [6, 6.07) is 7.71. The van der Waals surface area contributed by atoms with Crippen LogP contribution in [0.3, 0.4) is 0 Å². The molecule has 27 heavy (non-hydrogen) atoms. The van der Waals surface area contributed by atoms with Crippen molar-refractivity contribution in [3.63, 3.8) is 0 Å². The molecule has 2 heteroatoms. The molecule has 1 atom stereocenters. The molecule has 1 aromatic heterocycles. The molecule has 0 radical (unpaired) electrons. The van der Waals surface area contributed by atoms with Crippen molar-refractivity contribution < 1.29 is 0 Å². The van der Waals surface area contributed by atoms with Crippen molar-refractivity contribution in [1.29, 1.82) is 0 Å². The van der Waals surface area contributed by atoms with Gasteiger partial charge in [0.25, 0.3) is 0 Å². The van der Waals surface area contributed by atoms with E-state index in [0.717, 1.165) is 12.3 Å². The number of hydrogen-bond acceptors (Lipinski definition) is 1. The summed E-state index contributed by atoms with van der Waals surface area (Å²) in [5.74, 6) is 2.06. The zero-order valence-corrected chi connectivity index (χ0v) is 17.4. The summed E-state index contributed by atoms with van der Waals surface area (Å²) in [5.41, 5.74) is 6.42. The van der Waals surface area contributed by atoms with Gasteiger partial charge in [0.1, 0.15) is 5.82 Å². The molecule has 2 nitrogen and oxygen atoms in total. The van der Waals surface area contributed by atoms with Gasteiger partial charge in [0.05, 0.1) is 11.0 Å². The number of hydrogen-bond donors (Lipinski definition) is 0. The molecule has 1 heterocycles. The predicted octanol–water partition coefficient (Wildman–Crippen LogP) is 6.74. The number of allylic oxidation sites excluding steroid dienone is 1. The van der Waals surface area contributed by atoms with Crippen molar-refractivity contribution in [3.8, 4) is 0 Å². The monoisotopic (exact) mass is 362 g/mol. The van der Waals surface area contributed by atoms with Crippen LogP contribution < -0.4 is 0 Å². The van der Waals surface area contributed by atoms with Crippen LogP contribution in [-0.2, 0) is 11.8 Å². The van der Waals surface area contributed by atoms with E-state index < -0.39 is 0 Å². The fourth-order valence-corrected chi connectivity index (χ4v) is 5.32. The molecule has 0 saturated heterocycles. The lowest BCUT2D eigenvalue weighted by Gasteiger charge is -2.31. The third-order valence-corrected chi connectivity index (χ3v) is 8.42. The number of nitrogens with zero attached hydrogens (tertiary/aromatic N) is 2. The van der Waals surface area contributed by atoms with Gasteiger partial charge in [-0.25, -0.2) is 4.98 Å². The second kappa shape index (κ2) is 5.96. The van der Waals surface area contributed by atoms with Crippen LogP contribution in [-0.4, -0.2) is 9.55 Å². The molecule has 0 bridgehead atoms. The van der Waals surface area contributed by atoms with Gasteiger partial charge < -0.3 is 4.57 Å². The van der Waals surface area contributed by atoms with E-state index in [1.807, 2.05) is 0 Å². The van der Waals surface area contributed by atoms with Crippen molar-refractivity contribution in [2.45, 2.75) is 90.0 Å². The molecule has 3 fully saturated rings. The first-order chi connectivity index (χ1) is 13.0. The van der Waals surface area contributed by atoms with Gasteiger partial charge in [-0.3, -0.25) is 0 Å². The van der Waals surface area contributed by atoms with E-state index in [1.54, 1.807) is 0 Å². The Morgan fingerprint density at radius 3 is 2.56 bits per heavy atom. The van der Waals surface area contributed by atoms with Gasteiger partial charge in [-0.15, -0.1) is 0 Å². The predicted molar refractivity (Wildman–Crippen MR) is 113 cm³/mol. The molecule has 3 aliphatic rings. The first-order valence-electron chi connectivity index (χ1n) is 11.2. The van der Waals surface area contributed by atoms with E-state index in [0.29, 0.717) is 11.5 Å². The fourth-order valence-electron chi connectivity index (χ4n) is 5.32. The van der Waals surface area contributed by atoms with Gasteiger partial charge >= 0.3 is 0 Å². The third-order valence-electron chi connectivity index (χ3n) is 8.42. The standard InChI is InChI=1S/C25H34N2/c1-5-24(4,6-2)18-10-11-21-22(15-18)27(19-8-7-9-19)23(26-21)14-17(3)20-16-25(20)12-13-25/h10-11,15,19-20H,3,5-9,12-14,16H2,1-2,4H3. The second-order valence-electron chi connectivity index (χ2n) is 9.91. The van der Waals surface area contributed by atoms with Crippen LogP contribution in [0.2, 0.25) is 0 Å². The van der Waals surface area contributed by atoms with E-state index >= 15 is 0 Å². The minimum atomic E-state index is 0.263. The van der Waals surface area contributed by atoms with Crippen molar-refractivity contribution in [1.82, 2.24) is 9.55 Å². The molecule has 3 saturated carbocycles. The summed E-state index contributed by atoms with van der Waals surface area (Å²) in [7, 11) is 0. The van der Waals surface area contributed by atoms with E-state index in [4.69, 9.17) is 4.98 Å². The molecule has 2 aromatic rings. The molecule has 5 rings (SSSR count). The number of fused-ring (bicyclic) bond motifs is 1. The zero-order valence-electron chi connectivity index (χ0n) is 17.4. The molecule has 1 unspecified atom stereocenters. The van der Waals surface area contributed by atoms with Crippen LogP contribution >= 0.6 is 0 Å². The van der Waals surface area contributed by atoms with Crippen LogP contribution in [0.25, 0.3) is 11.0 Å². The molecule has 3 aliphatic carbocycles. The van der Waals surface area contributed by atoms with E-state index in [2.05, 4.69) is 50.1 Å². The van der Waals surface area contributed by atoms with Crippen LogP contribution in [0.1, 0.15) is 89.6 Å². The molecule has 0 N–H and O–H groups in total. The lowest BCUT2D eigenvalue weighted by Crippen LogP contribution is -2.21. The maximum atomic E-state index is 5.11. The summed E-state index contributed by atoms with van der Waals surface area (Å²) >= 11 is 0. The average molecular weight is 363 g/mol. The Morgan fingerprint density at radius 2 is 2.00 bits per heavy atom. The molecule has 0 aliphatic heterocycles. The van der Waals surface area contributed by atoms with Crippen molar-refractivity contribution in [2.75, 3.05) is 0 Å². The number of aromatic nitrogens is 2. The molecule has 1 spiro atoms. The Bertz CT molecular complexity index is 890. The summed E-state index contributed by atoms with van der Waals surface area (Å²) in [4.78, 5) is 5.11. The minimum Gasteiger partial charge on any atom is -0.325 e. The quantitative estimate of drug-likeness (QED) is 0.499. The van der Waals surface area contributed by atoms with Crippen LogP contribution in [0.4, 0.5) is 0 Å². The summed E-state index contributed by atoms with van der Waals surface area (Å²) < 4.78 is 2.60. The second-order valence-corrected chi connectivity index (χ2v) is 9.91. The maximum Gasteiger partial charge on any atom is 0.114 e. The molecule has 0 amide bonds. The fraction of sp³-hybridized carbons (Fsp3) is 0.640. The largest absolute Gasteiger partial charge is 0.325 e. The van der Waals surface area contributed by atoms with Gasteiger partial charge in [-0.05, 0) is 85.8 Å². The van der Waals surface area contributed by atoms with Crippen molar-refractivity contribution in [3.05, 3.63) is 41.7 Å². The van der Waals surface area contributed by atoms with Crippen LogP contribution in [0, 0.1) is 11.3 Å². The summed E-state index contributed by atoms with van der Waals surface area (Å²) in [6.45, 7) is 11.5. The van der Waals surface area contributed by atoms with Crippen LogP contribution in [0.15, 0.2) is 30.4 Å².